The first kappa shape index (κ1) is 20.7. The van der Waals surface area contributed by atoms with Gasteiger partial charge in [0.2, 0.25) is 15.9 Å². The highest BCUT2D eigenvalue weighted by atomic mass is 32.2. The number of hydrogen-bond donors (Lipinski definition) is 2. The van der Waals surface area contributed by atoms with E-state index in [0.29, 0.717) is 5.69 Å². The lowest BCUT2D eigenvalue weighted by atomic mass is 10.1. The van der Waals surface area contributed by atoms with Crippen LogP contribution in [0.3, 0.4) is 0 Å². The van der Waals surface area contributed by atoms with Crippen LogP contribution in [0.4, 0.5) is 18.9 Å². The summed E-state index contributed by atoms with van der Waals surface area (Å²) >= 11 is 0. The number of amides is 1. The summed E-state index contributed by atoms with van der Waals surface area (Å²) in [6.45, 7) is 3.17. The van der Waals surface area contributed by atoms with Gasteiger partial charge in [-0.05, 0) is 49.7 Å². The van der Waals surface area contributed by atoms with E-state index in [4.69, 9.17) is 0 Å². The fourth-order valence-corrected chi connectivity index (χ4v) is 3.19. The topological polar surface area (TPSA) is 84.5 Å². The fourth-order valence-electron chi connectivity index (χ4n) is 2.21. The quantitative estimate of drug-likeness (QED) is 0.778. The van der Waals surface area contributed by atoms with Crippen molar-refractivity contribution in [3.63, 3.8) is 0 Å². The molecule has 0 aliphatic carbocycles. The molecule has 146 valence electrons. The van der Waals surface area contributed by atoms with Crippen LogP contribution in [0.5, 0.6) is 5.75 Å². The van der Waals surface area contributed by atoms with Crippen molar-refractivity contribution in [3.05, 3.63) is 53.6 Å². The Balaban J connectivity index is 1.98. The maximum Gasteiger partial charge on any atom is 0.573 e. The van der Waals surface area contributed by atoms with E-state index in [1.807, 2.05) is 13.0 Å². The van der Waals surface area contributed by atoms with E-state index in [2.05, 4.69) is 14.8 Å². The zero-order valence-electron chi connectivity index (χ0n) is 14.4. The Morgan fingerprint density at radius 1 is 1.07 bits per heavy atom. The summed E-state index contributed by atoms with van der Waals surface area (Å²) in [6, 6.07) is 9.02. The average molecular weight is 402 g/mol. The summed E-state index contributed by atoms with van der Waals surface area (Å²) in [6.07, 6.45) is -4.87. The van der Waals surface area contributed by atoms with Crippen molar-refractivity contribution < 1.29 is 31.1 Å². The molecule has 2 aromatic carbocycles. The zero-order chi connectivity index (χ0) is 20.2. The largest absolute Gasteiger partial charge is 0.573 e. The number of hydrogen-bond acceptors (Lipinski definition) is 4. The Morgan fingerprint density at radius 2 is 1.70 bits per heavy atom. The summed E-state index contributed by atoms with van der Waals surface area (Å²) < 4.78 is 66.4. The smallest absolute Gasteiger partial charge is 0.406 e. The van der Waals surface area contributed by atoms with Gasteiger partial charge in [0, 0.05) is 5.69 Å². The second-order valence-electron chi connectivity index (χ2n) is 5.71. The van der Waals surface area contributed by atoms with Crippen LogP contribution >= 0.6 is 0 Å². The van der Waals surface area contributed by atoms with E-state index in [1.165, 1.54) is 0 Å². The van der Waals surface area contributed by atoms with Gasteiger partial charge < -0.3 is 10.1 Å². The molecule has 0 heterocycles. The first-order valence-electron chi connectivity index (χ1n) is 7.69. The van der Waals surface area contributed by atoms with Gasteiger partial charge in [-0.3, -0.25) is 4.79 Å². The number of benzene rings is 2. The number of nitrogens with one attached hydrogen (secondary N) is 2. The molecule has 0 unspecified atom stereocenters. The van der Waals surface area contributed by atoms with Crippen molar-refractivity contribution in [3.8, 4) is 5.75 Å². The number of sulfonamides is 1. The van der Waals surface area contributed by atoms with Crippen LogP contribution < -0.4 is 14.8 Å². The summed E-state index contributed by atoms with van der Waals surface area (Å²) in [5, 5.41) is 2.59. The maximum atomic E-state index is 12.1. The monoisotopic (exact) mass is 402 g/mol. The third-order valence-electron chi connectivity index (χ3n) is 3.45. The van der Waals surface area contributed by atoms with Crippen LogP contribution in [0, 0.1) is 13.8 Å². The number of anilines is 1. The van der Waals surface area contributed by atoms with Crippen molar-refractivity contribution in [2.24, 2.45) is 0 Å². The van der Waals surface area contributed by atoms with E-state index in [9.17, 15) is 26.4 Å². The molecule has 2 N–H and O–H groups in total. The predicted molar refractivity (Wildman–Crippen MR) is 92.9 cm³/mol. The number of halogens is 3. The molecule has 0 bridgehead atoms. The Labute approximate surface area is 154 Å². The summed E-state index contributed by atoms with van der Waals surface area (Å²) in [5.74, 6) is -1.13. The van der Waals surface area contributed by atoms with Crippen molar-refractivity contribution in [2.75, 3.05) is 11.9 Å². The van der Waals surface area contributed by atoms with Gasteiger partial charge in [0.15, 0.2) is 0 Å². The van der Waals surface area contributed by atoms with Crippen molar-refractivity contribution in [2.45, 2.75) is 25.1 Å². The maximum absolute atomic E-state index is 12.1. The lowest BCUT2D eigenvalue weighted by Gasteiger charge is -2.11. The summed E-state index contributed by atoms with van der Waals surface area (Å²) in [7, 11) is -4.07. The predicted octanol–water partition coefficient (Wildman–Crippen LogP) is 3.12. The van der Waals surface area contributed by atoms with Gasteiger partial charge in [-0.2, -0.15) is 0 Å². The van der Waals surface area contributed by atoms with E-state index >= 15 is 0 Å². The molecular formula is C17H17F3N2O4S. The highest BCUT2D eigenvalue weighted by Gasteiger charge is 2.31. The van der Waals surface area contributed by atoms with Gasteiger partial charge >= 0.3 is 6.36 Å². The molecule has 2 aromatic rings. The molecule has 27 heavy (non-hydrogen) atoms. The second kappa shape index (κ2) is 7.97. The Hall–Kier alpha value is -2.59. The van der Waals surface area contributed by atoms with Gasteiger partial charge in [-0.25, -0.2) is 13.1 Å². The number of ether oxygens (including phenoxy) is 1. The molecule has 6 nitrogen and oxygen atoms in total. The number of rotatable bonds is 6. The number of carbonyl (C=O) groups is 1. The van der Waals surface area contributed by atoms with Crippen LogP contribution in [0.25, 0.3) is 0 Å². The molecule has 0 saturated heterocycles. The third-order valence-corrected chi connectivity index (χ3v) is 4.86. The van der Waals surface area contributed by atoms with Crippen LogP contribution in [0.1, 0.15) is 11.1 Å². The minimum Gasteiger partial charge on any atom is -0.406 e. The van der Waals surface area contributed by atoms with Crippen LogP contribution in [-0.4, -0.2) is 27.2 Å². The van der Waals surface area contributed by atoms with Crippen LogP contribution in [-0.2, 0) is 14.8 Å². The van der Waals surface area contributed by atoms with Crippen molar-refractivity contribution in [1.29, 1.82) is 0 Å². The standard InChI is InChI=1S/C17H17F3N2O4S/c1-11-3-8-15(12(2)9-11)22-16(23)10-21-27(24,25)14-6-4-13(5-7-14)26-17(18,19)20/h3-9,21H,10H2,1-2H3,(H,22,23). The third kappa shape index (κ3) is 6.26. The molecule has 0 aromatic heterocycles. The summed E-state index contributed by atoms with van der Waals surface area (Å²) in [4.78, 5) is 11.7. The van der Waals surface area contributed by atoms with Gasteiger partial charge in [0.05, 0.1) is 11.4 Å². The average Bonchev–Trinajstić information content (AvgIpc) is 2.55. The van der Waals surface area contributed by atoms with Gasteiger partial charge in [0.25, 0.3) is 0 Å². The second-order valence-corrected chi connectivity index (χ2v) is 7.48. The van der Waals surface area contributed by atoms with Crippen LogP contribution in [0.2, 0.25) is 0 Å². The minimum absolute atomic E-state index is 0.295. The van der Waals surface area contributed by atoms with Crippen LogP contribution in [0.15, 0.2) is 47.4 Å². The molecule has 0 radical (unpaired) electrons. The lowest BCUT2D eigenvalue weighted by molar-refractivity contribution is -0.274. The first-order valence-corrected chi connectivity index (χ1v) is 9.17. The molecule has 0 aliphatic rings. The molecule has 0 spiro atoms. The lowest BCUT2D eigenvalue weighted by Crippen LogP contribution is -2.33. The van der Waals surface area contributed by atoms with E-state index in [0.717, 1.165) is 35.4 Å². The molecule has 0 aliphatic heterocycles. The van der Waals surface area contributed by atoms with Gasteiger partial charge in [0.1, 0.15) is 5.75 Å². The summed E-state index contributed by atoms with van der Waals surface area (Å²) in [5.41, 5.74) is 2.40. The van der Waals surface area contributed by atoms with Gasteiger partial charge in [-0.1, -0.05) is 17.7 Å². The highest BCUT2D eigenvalue weighted by molar-refractivity contribution is 7.89. The van der Waals surface area contributed by atoms with E-state index in [1.54, 1.807) is 19.1 Å². The van der Waals surface area contributed by atoms with Crippen molar-refractivity contribution in [1.82, 2.24) is 4.72 Å². The molecule has 2 rings (SSSR count). The molecule has 0 fully saturated rings. The molecule has 0 saturated carbocycles. The normalized spacial score (nSPS) is 11.9. The molecule has 0 atom stereocenters. The first-order chi connectivity index (χ1) is 12.5. The Bertz CT molecular complexity index is 926. The minimum atomic E-state index is -4.87. The fraction of sp³-hybridized carbons (Fsp3) is 0.235. The number of alkyl halides is 3. The number of aryl methyl sites for hydroxylation is 2. The zero-order valence-corrected chi connectivity index (χ0v) is 15.2. The van der Waals surface area contributed by atoms with E-state index in [-0.39, 0.29) is 4.90 Å². The number of carbonyl (C=O) groups excluding carboxylic acids is 1. The van der Waals surface area contributed by atoms with Gasteiger partial charge in [-0.15, -0.1) is 13.2 Å². The Kier molecular flexibility index (Phi) is 6.11. The molecule has 1 amide bonds. The SMILES string of the molecule is Cc1ccc(NC(=O)CNS(=O)(=O)c2ccc(OC(F)(F)F)cc2)c(C)c1. The van der Waals surface area contributed by atoms with E-state index < -0.39 is 34.6 Å². The highest BCUT2D eigenvalue weighted by Crippen LogP contribution is 2.23. The van der Waals surface area contributed by atoms with Crippen molar-refractivity contribution >= 4 is 21.6 Å². The molecule has 10 heteroatoms. The Morgan fingerprint density at radius 3 is 2.26 bits per heavy atom. The molecular weight excluding hydrogens is 385 g/mol.